The molecule has 0 saturated carbocycles. The van der Waals surface area contributed by atoms with Gasteiger partial charge in [-0.25, -0.2) is 9.97 Å². The van der Waals surface area contributed by atoms with Crippen LogP contribution >= 0.6 is 11.6 Å². The van der Waals surface area contributed by atoms with Crippen molar-refractivity contribution < 1.29 is 9.90 Å². The normalized spacial score (nSPS) is 10.9. The number of fused-ring (bicyclic) bond motifs is 1. The molecule has 3 rings (SSSR count). The Morgan fingerprint density at radius 3 is 2.29 bits per heavy atom. The molecule has 1 aromatic heterocycles. The van der Waals surface area contributed by atoms with Gasteiger partial charge in [0.2, 0.25) is 0 Å². The molecule has 0 unspecified atom stereocenters. The van der Waals surface area contributed by atoms with E-state index >= 15 is 0 Å². The number of hydrogen-bond donors (Lipinski definition) is 1. The van der Waals surface area contributed by atoms with Crippen molar-refractivity contribution in [3.05, 3.63) is 59.2 Å². The smallest absolute Gasteiger partial charge is 0.303 e. The molecule has 1 heterocycles. The minimum atomic E-state index is -0.766. The molecule has 122 valence electrons. The highest BCUT2D eigenvalue weighted by Crippen LogP contribution is 2.26. The number of aryl methyl sites for hydroxylation is 1. The minimum Gasteiger partial charge on any atom is -0.481 e. The Labute approximate surface area is 145 Å². The van der Waals surface area contributed by atoms with Gasteiger partial charge in [0.25, 0.3) is 0 Å². The molecule has 4 nitrogen and oxygen atoms in total. The number of carboxylic acids is 1. The largest absolute Gasteiger partial charge is 0.481 e. The van der Waals surface area contributed by atoms with Gasteiger partial charge in [-0.05, 0) is 43.5 Å². The van der Waals surface area contributed by atoms with Crippen molar-refractivity contribution in [2.24, 2.45) is 0 Å². The van der Waals surface area contributed by atoms with E-state index in [-0.39, 0.29) is 6.42 Å². The zero-order chi connectivity index (χ0) is 16.9. The van der Waals surface area contributed by atoms with E-state index in [4.69, 9.17) is 26.7 Å². The Morgan fingerprint density at radius 2 is 1.62 bits per heavy atom. The number of aromatic nitrogens is 2. The van der Waals surface area contributed by atoms with Crippen LogP contribution in [0.2, 0.25) is 5.02 Å². The summed E-state index contributed by atoms with van der Waals surface area (Å²) in [4.78, 5) is 20.2. The lowest BCUT2D eigenvalue weighted by molar-refractivity contribution is -0.137. The Balaban J connectivity index is 1.95. The van der Waals surface area contributed by atoms with Gasteiger partial charge in [-0.3, -0.25) is 4.79 Å². The van der Waals surface area contributed by atoms with Gasteiger partial charge in [0.1, 0.15) is 0 Å². The van der Waals surface area contributed by atoms with Crippen molar-refractivity contribution >= 4 is 28.6 Å². The van der Waals surface area contributed by atoms with Gasteiger partial charge in [0.05, 0.1) is 22.4 Å². The van der Waals surface area contributed by atoms with Crippen molar-refractivity contribution in [2.75, 3.05) is 0 Å². The predicted molar refractivity (Wildman–Crippen MR) is 95.2 cm³/mol. The van der Waals surface area contributed by atoms with Crippen LogP contribution in [0.5, 0.6) is 0 Å². The monoisotopic (exact) mass is 340 g/mol. The molecule has 3 aromatic rings. The second-order valence-electron chi connectivity index (χ2n) is 5.62. The predicted octanol–water partition coefficient (Wildman–Crippen LogP) is 4.75. The number of para-hydroxylation sites is 2. The van der Waals surface area contributed by atoms with Crippen LogP contribution in [0.3, 0.4) is 0 Å². The van der Waals surface area contributed by atoms with Crippen LogP contribution in [-0.2, 0) is 11.2 Å². The summed E-state index contributed by atoms with van der Waals surface area (Å²) in [6.45, 7) is 0. The van der Waals surface area contributed by atoms with Gasteiger partial charge in [-0.1, -0.05) is 35.9 Å². The maximum absolute atomic E-state index is 10.7. The molecule has 24 heavy (non-hydrogen) atoms. The number of benzene rings is 2. The highest BCUT2D eigenvalue weighted by atomic mass is 35.5. The summed E-state index contributed by atoms with van der Waals surface area (Å²) in [5.41, 5.74) is 4.38. The summed E-state index contributed by atoms with van der Waals surface area (Å²) in [5.74, 6) is -0.766. The number of rotatable bonds is 6. The summed E-state index contributed by atoms with van der Waals surface area (Å²) in [7, 11) is 0. The van der Waals surface area contributed by atoms with Gasteiger partial charge < -0.3 is 5.11 Å². The minimum absolute atomic E-state index is 0.178. The molecule has 1 N–H and O–H groups in total. The molecule has 0 atom stereocenters. The van der Waals surface area contributed by atoms with Gasteiger partial charge in [0, 0.05) is 17.0 Å². The molecule has 5 heteroatoms. The molecule has 0 aliphatic carbocycles. The third kappa shape index (κ3) is 3.89. The number of hydrogen-bond acceptors (Lipinski definition) is 3. The Morgan fingerprint density at radius 1 is 0.958 bits per heavy atom. The highest BCUT2D eigenvalue weighted by Gasteiger charge is 2.11. The van der Waals surface area contributed by atoms with E-state index in [2.05, 4.69) is 0 Å². The van der Waals surface area contributed by atoms with Gasteiger partial charge >= 0.3 is 5.97 Å². The Kier molecular flexibility index (Phi) is 5.06. The first-order valence-corrected chi connectivity index (χ1v) is 8.24. The standard InChI is InChI=1S/C19H17ClN2O2/c20-14-11-9-13(10-12-14)19-17(7-3-4-8-18(23)24)21-15-5-1-2-6-16(15)22-19/h1-2,5-6,9-12H,3-4,7-8H2,(H,23,24). The number of carbonyl (C=O) groups is 1. The summed E-state index contributed by atoms with van der Waals surface area (Å²) in [6, 6.07) is 15.3. The third-order valence-electron chi connectivity index (χ3n) is 3.81. The summed E-state index contributed by atoms with van der Waals surface area (Å²) < 4.78 is 0. The second-order valence-corrected chi connectivity index (χ2v) is 6.05. The van der Waals surface area contributed by atoms with Crippen molar-refractivity contribution in [3.8, 4) is 11.3 Å². The molecular weight excluding hydrogens is 324 g/mol. The van der Waals surface area contributed by atoms with Gasteiger partial charge in [0.15, 0.2) is 0 Å². The fourth-order valence-electron chi connectivity index (χ4n) is 2.62. The summed E-state index contributed by atoms with van der Waals surface area (Å²) in [5, 5.41) is 9.45. The number of nitrogens with zero attached hydrogens (tertiary/aromatic N) is 2. The molecule has 2 aromatic carbocycles. The molecule has 0 spiro atoms. The van der Waals surface area contributed by atoms with E-state index in [0.717, 1.165) is 34.4 Å². The van der Waals surface area contributed by atoms with E-state index in [1.807, 2.05) is 48.5 Å². The van der Waals surface area contributed by atoms with Crippen molar-refractivity contribution in [1.82, 2.24) is 9.97 Å². The van der Waals surface area contributed by atoms with E-state index in [1.54, 1.807) is 0 Å². The highest BCUT2D eigenvalue weighted by molar-refractivity contribution is 6.30. The first-order valence-electron chi connectivity index (χ1n) is 7.87. The number of carboxylic acid groups (broad SMARTS) is 1. The third-order valence-corrected chi connectivity index (χ3v) is 4.07. The van der Waals surface area contributed by atoms with Crippen LogP contribution in [0.15, 0.2) is 48.5 Å². The van der Waals surface area contributed by atoms with Crippen LogP contribution < -0.4 is 0 Å². The van der Waals surface area contributed by atoms with Crippen LogP contribution in [0.25, 0.3) is 22.3 Å². The van der Waals surface area contributed by atoms with Crippen LogP contribution in [-0.4, -0.2) is 21.0 Å². The summed E-state index contributed by atoms with van der Waals surface area (Å²) >= 11 is 5.97. The van der Waals surface area contributed by atoms with Gasteiger partial charge in [-0.15, -0.1) is 0 Å². The van der Waals surface area contributed by atoms with Crippen LogP contribution in [0.1, 0.15) is 25.0 Å². The van der Waals surface area contributed by atoms with Gasteiger partial charge in [-0.2, -0.15) is 0 Å². The van der Waals surface area contributed by atoms with E-state index in [0.29, 0.717) is 17.9 Å². The molecule has 0 amide bonds. The lowest BCUT2D eigenvalue weighted by Crippen LogP contribution is -2.01. The maximum atomic E-state index is 10.7. The maximum Gasteiger partial charge on any atom is 0.303 e. The van der Waals surface area contributed by atoms with E-state index in [1.165, 1.54) is 0 Å². The lowest BCUT2D eigenvalue weighted by atomic mass is 10.0. The molecule has 0 aliphatic heterocycles. The lowest BCUT2D eigenvalue weighted by Gasteiger charge is -2.10. The first-order chi connectivity index (χ1) is 11.6. The zero-order valence-electron chi connectivity index (χ0n) is 13.1. The number of halogens is 1. The molecule has 0 radical (unpaired) electrons. The first kappa shape index (κ1) is 16.4. The van der Waals surface area contributed by atoms with Crippen LogP contribution in [0, 0.1) is 0 Å². The SMILES string of the molecule is O=C(O)CCCCc1nc2ccccc2nc1-c1ccc(Cl)cc1. The average molecular weight is 341 g/mol. The molecule has 0 bridgehead atoms. The quantitative estimate of drug-likeness (QED) is 0.658. The topological polar surface area (TPSA) is 63.1 Å². The second kappa shape index (κ2) is 7.41. The van der Waals surface area contributed by atoms with E-state index < -0.39 is 5.97 Å². The van der Waals surface area contributed by atoms with E-state index in [9.17, 15) is 4.79 Å². The average Bonchev–Trinajstić information content (AvgIpc) is 2.58. The summed E-state index contributed by atoms with van der Waals surface area (Å²) in [6.07, 6.45) is 2.27. The number of aliphatic carboxylic acids is 1. The van der Waals surface area contributed by atoms with Crippen molar-refractivity contribution in [1.29, 1.82) is 0 Å². The fourth-order valence-corrected chi connectivity index (χ4v) is 2.74. The number of unbranched alkanes of at least 4 members (excludes halogenated alkanes) is 1. The molecule has 0 aliphatic rings. The molecule has 0 fully saturated rings. The van der Waals surface area contributed by atoms with Crippen molar-refractivity contribution in [3.63, 3.8) is 0 Å². The molecular formula is C19H17ClN2O2. The Bertz CT molecular complexity index is 863. The zero-order valence-corrected chi connectivity index (χ0v) is 13.8. The molecule has 0 saturated heterocycles. The van der Waals surface area contributed by atoms with Crippen LogP contribution in [0.4, 0.5) is 0 Å². The fraction of sp³-hybridized carbons (Fsp3) is 0.211. The Hall–Kier alpha value is -2.46. The van der Waals surface area contributed by atoms with Crippen molar-refractivity contribution in [2.45, 2.75) is 25.7 Å².